The second-order valence-electron chi connectivity index (χ2n) is 2.69. The highest BCUT2D eigenvalue weighted by molar-refractivity contribution is 5.76. The minimum atomic E-state index is 0.212. The lowest BCUT2D eigenvalue weighted by molar-refractivity contribution is -0.126. The molecule has 1 saturated heterocycles. The summed E-state index contributed by atoms with van der Waals surface area (Å²) >= 11 is 0. The summed E-state index contributed by atoms with van der Waals surface area (Å²) in [5.41, 5.74) is 0. The van der Waals surface area contributed by atoms with E-state index in [1.807, 2.05) is 6.92 Å². The van der Waals surface area contributed by atoms with E-state index in [0.717, 1.165) is 19.3 Å². The van der Waals surface area contributed by atoms with Gasteiger partial charge in [-0.15, -0.1) is 0 Å². The number of piperidine rings is 1. The molecule has 12 heavy (non-hydrogen) atoms. The first kappa shape index (κ1) is 10.9. The normalized spacial score (nSPS) is 21.5. The molecule has 1 aliphatic heterocycles. The molecule has 1 N–H and O–H groups in total. The lowest BCUT2D eigenvalue weighted by Crippen LogP contribution is -2.36. The standard InChI is InChI=1S/C6H11NO.C2H4O2/c1-5-3-2-4-6(8)7-5;1-4-2-3/h5H,2-4H2,1H3,(H,7,8);2H,1H3. The van der Waals surface area contributed by atoms with Gasteiger partial charge in [-0.05, 0) is 19.8 Å². The molecule has 1 amide bonds. The van der Waals surface area contributed by atoms with E-state index < -0.39 is 0 Å². The first-order valence-corrected chi connectivity index (χ1v) is 3.96. The maximum absolute atomic E-state index is 10.6. The number of hydrogen-bond acceptors (Lipinski definition) is 3. The maximum atomic E-state index is 10.6. The molecule has 0 aromatic carbocycles. The van der Waals surface area contributed by atoms with Crippen LogP contribution in [0.2, 0.25) is 0 Å². The van der Waals surface area contributed by atoms with E-state index in [-0.39, 0.29) is 5.91 Å². The van der Waals surface area contributed by atoms with Crippen molar-refractivity contribution in [2.75, 3.05) is 7.11 Å². The lowest BCUT2D eigenvalue weighted by atomic mass is 10.1. The zero-order valence-corrected chi connectivity index (χ0v) is 7.50. The maximum Gasteiger partial charge on any atom is 0.292 e. The van der Waals surface area contributed by atoms with Crippen LogP contribution in [0, 0.1) is 0 Å². The van der Waals surface area contributed by atoms with Crippen LogP contribution in [0.1, 0.15) is 26.2 Å². The van der Waals surface area contributed by atoms with Crippen LogP contribution in [0.15, 0.2) is 0 Å². The van der Waals surface area contributed by atoms with Gasteiger partial charge in [0.2, 0.25) is 5.91 Å². The van der Waals surface area contributed by atoms with E-state index in [0.29, 0.717) is 12.5 Å². The molecule has 0 saturated carbocycles. The Bertz CT molecular complexity index is 147. The Hall–Kier alpha value is -1.06. The Kier molecular flexibility index (Phi) is 6.05. The quantitative estimate of drug-likeness (QED) is 0.586. The Morgan fingerprint density at radius 1 is 1.67 bits per heavy atom. The molecule has 4 heteroatoms. The predicted molar refractivity (Wildman–Crippen MR) is 44.5 cm³/mol. The first-order valence-electron chi connectivity index (χ1n) is 3.96. The van der Waals surface area contributed by atoms with Crippen molar-refractivity contribution in [2.24, 2.45) is 0 Å². The van der Waals surface area contributed by atoms with Crippen molar-refractivity contribution >= 4 is 12.4 Å². The third kappa shape index (κ3) is 5.70. The first-order chi connectivity index (χ1) is 5.70. The molecule has 0 aliphatic carbocycles. The van der Waals surface area contributed by atoms with Gasteiger partial charge in [0.1, 0.15) is 0 Å². The molecular weight excluding hydrogens is 158 g/mol. The SMILES string of the molecule is CC1CCCC(=O)N1.COC=O. The van der Waals surface area contributed by atoms with Crippen molar-refractivity contribution in [3.63, 3.8) is 0 Å². The Labute approximate surface area is 72.3 Å². The molecule has 1 atom stereocenters. The second kappa shape index (κ2) is 6.64. The average molecular weight is 173 g/mol. The Balaban J connectivity index is 0.000000261. The molecule has 0 radical (unpaired) electrons. The van der Waals surface area contributed by atoms with Crippen molar-refractivity contribution in [3.8, 4) is 0 Å². The summed E-state index contributed by atoms with van der Waals surface area (Å²) in [5.74, 6) is 0.212. The van der Waals surface area contributed by atoms with Gasteiger partial charge < -0.3 is 10.1 Å². The van der Waals surface area contributed by atoms with Crippen LogP contribution in [0.4, 0.5) is 0 Å². The molecule has 1 heterocycles. The smallest absolute Gasteiger partial charge is 0.292 e. The molecule has 4 nitrogen and oxygen atoms in total. The van der Waals surface area contributed by atoms with Gasteiger partial charge in [0.25, 0.3) is 6.47 Å². The highest BCUT2D eigenvalue weighted by Gasteiger charge is 2.12. The molecule has 0 bridgehead atoms. The highest BCUT2D eigenvalue weighted by atomic mass is 16.5. The van der Waals surface area contributed by atoms with E-state index in [1.54, 1.807) is 0 Å². The van der Waals surface area contributed by atoms with Gasteiger partial charge in [-0.3, -0.25) is 9.59 Å². The van der Waals surface area contributed by atoms with Gasteiger partial charge in [-0.2, -0.15) is 0 Å². The zero-order valence-electron chi connectivity index (χ0n) is 7.50. The van der Waals surface area contributed by atoms with Crippen LogP contribution in [0.3, 0.4) is 0 Å². The fourth-order valence-electron chi connectivity index (χ4n) is 0.988. The number of carbonyl (C=O) groups is 2. The fourth-order valence-corrected chi connectivity index (χ4v) is 0.988. The monoisotopic (exact) mass is 173 g/mol. The van der Waals surface area contributed by atoms with Gasteiger partial charge in [-0.25, -0.2) is 0 Å². The van der Waals surface area contributed by atoms with Gasteiger partial charge in [0.15, 0.2) is 0 Å². The molecule has 1 fully saturated rings. The van der Waals surface area contributed by atoms with Crippen molar-refractivity contribution in [2.45, 2.75) is 32.2 Å². The molecule has 70 valence electrons. The summed E-state index contributed by atoms with van der Waals surface area (Å²) in [5, 5.41) is 2.84. The Morgan fingerprint density at radius 2 is 2.25 bits per heavy atom. The summed E-state index contributed by atoms with van der Waals surface area (Å²) in [4.78, 5) is 19.5. The van der Waals surface area contributed by atoms with E-state index in [1.165, 1.54) is 7.11 Å². The fraction of sp³-hybridized carbons (Fsp3) is 0.750. The summed E-state index contributed by atoms with van der Waals surface area (Å²) in [6, 6.07) is 0.413. The van der Waals surface area contributed by atoms with Crippen LogP contribution in [0.5, 0.6) is 0 Å². The predicted octanol–water partition coefficient (Wildman–Crippen LogP) is 0.464. The number of methoxy groups -OCH3 is 1. The molecule has 1 rings (SSSR count). The van der Waals surface area contributed by atoms with Crippen molar-refractivity contribution in [1.29, 1.82) is 0 Å². The zero-order chi connectivity index (χ0) is 9.40. The van der Waals surface area contributed by atoms with Crippen LogP contribution < -0.4 is 5.32 Å². The highest BCUT2D eigenvalue weighted by Crippen LogP contribution is 2.05. The number of nitrogens with one attached hydrogen (secondary N) is 1. The van der Waals surface area contributed by atoms with Crippen LogP contribution in [-0.2, 0) is 14.3 Å². The minimum absolute atomic E-state index is 0.212. The minimum Gasteiger partial charge on any atom is -0.471 e. The second-order valence-corrected chi connectivity index (χ2v) is 2.69. The summed E-state index contributed by atoms with van der Waals surface area (Å²) in [7, 11) is 1.31. The number of amides is 1. The summed E-state index contributed by atoms with van der Waals surface area (Å²) in [6.07, 6.45) is 2.93. The average Bonchev–Trinajstić information content (AvgIpc) is 2.04. The molecule has 0 aromatic heterocycles. The van der Waals surface area contributed by atoms with E-state index in [4.69, 9.17) is 4.79 Å². The molecule has 0 spiro atoms. The van der Waals surface area contributed by atoms with E-state index >= 15 is 0 Å². The third-order valence-electron chi connectivity index (χ3n) is 1.54. The summed E-state index contributed by atoms with van der Waals surface area (Å²) < 4.78 is 3.86. The van der Waals surface area contributed by atoms with Crippen molar-refractivity contribution in [3.05, 3.63) is 0 Å². The molecule has 0 aromatic rings. The Morgan fingerprint density at radius 3 is 2.50 bits per heavy atom. The van der Waals surface area contributed by atoms with Gasteiger partial charge >= 0.3 is 0 Å². The summed E-state index contributed by atoms with van der Waals surface area (Å²) in [6.45, 7) is 2.41. The van der Waals surface area contributed by atoms with Crippen LogP contribution >= 0.6 is 0 Å². The molecular formula is C8H15NO3. The largest absolute Gasteiger partial charge is 0.471 e. The van der Waals surface area contributed by atoms with Crippen molar-refractivity contribution < 1.29 is 14.3 Å². The van der Waals surface area contributed by atoms with E-state index in [2.05, 4.69) is 10.1 Å². The molecule has 1 aliphatic rings. The van der Waals surface area contributed by atoms with Crippen LogP contribution in [0.25, 0.3) is 0 Å². The number of ether oxygens (including phenoxy) is 1. The van der Waals surface area contributed by atoms with E-state index in [9.17, 15) is 4.79 Å². The van der Waals surface area contributed by atoms with Gasteiger partial charge in [0.05, 0.1) is 7.11 Å². The molecule has 1 unspecified atom stereocenters. The number of carbonyl (C=O) groups excluding carboxylic acids is 2. The topological polar surface area (TPSA) is 55.4 Å². The third-order valence-corrected chi connectivity index (χ3v) is 1.54. The number of hydrogen-bond donors (Lipinski definition) is 1. The van der Waals surface area contributed by atoms with Gasteiger partial charge in [-0.1, -0.05) is 0 Å². The van der Waals surface area contributed by atoms with Gasteiger partial charge in [0, 0.05) is 12.5 Å². The van der Waals surface area contributed by atoms with Crippen LogP contribution in [-0.4, -0.2) is 25.5 Å². The number of rotatable bonds is 1. The van der Waals surface area contributed by atoms with Crippen molar-refractivity contribution in [1.82, 2.24) is 5.32 Å². The lowest BCUT2D eigenvalue weighted by Gasteiger charge is -2.18.